The molecule has 1 fully saturated rings. The maximum Gasteiger partial charge on any atom is 0.276 e. The van der Waals surface area contributed by atoms with Gasteiger partial charge in [0, 0.05) is 47.9 Å². The van der Waals surface area contributed by atoms with Crippen molar-refractivity contribution in [2.45, 2.75) is 18.9 Å². The van der Waals surface area contributed by atoms with Crippen molar-refractivity contribution in [3.63, 3.8) is 0 Å². The first-order chi connectivity index (χ1) is 16.6. The molecule has 0 saturated carbocycles. The number of carbonyl (C=O) groups excluding carboxylic acids is 1. The molecule has 0 N–H and O–H groups in total. The van der Waals surface area contributed by atoms with Crippen LogP contribution in [-0.4, -0.2) is 43.5 Å². The van der Waals surface area contributed by atoms with E-state index in [0.717, 1.165) is 23.4 Å². The number of piperidine rings is 1. The molecule has 1 saturated heterocycles. The van der Waals surface area contributed by atoms with Crippen LogP contribution in [0.4, 0.5) is 0 Å². The van der Waals surface area contributed by atoms with Crippen molar-refractivity contribution in [3.8, 4) is 16.9 Å². The van der Waals surface area contributed by atoms with Crippen molar-refractivity contribution in [2.24, 2.45) is 5.92 Å². The van der Waals surface area contributed by atoms with Crippen molar-refractivity contribution in [1.29, 1.82) is 0 Å². The van der Waals surface area contributed by atoms with Crippen LogP contribution < -0.4 is 5.56 Å². The second kappa shape index (κ2) is 8.25. The Morgan fingerprint density at radius 2 is 1.71 bits per heavy atom. The van der Waals surface area contributed by atoms with Gasteiger partial charge in [0.25, 0.3) is 11.5 Å². The van der Waals surface area contributed by atoms with E-state index in [1.165, 1.54) is 0 Å². The zero-order chi connectivity index (χ0) is 23.2. The minimum absolute atomic E-state index is 0.0317. The molecule has 0 radical (unpaired) electrons. The van der Waals surface area contributed by atoms with Gasteiger partial charge >= 0.3 is 0 Å². The summed E-state index contributed by atoms with van der Waals surface area (Å²) in [6.45, 7) is 1.79. The van der Waals surface area contributed by atoms with Crippen molar-refractivity contribution < 1.29 is 4.79 Å². The third kappa shape index (κ3) is 3.53. The number of amides is 1. The molecule has 8 heteroatoms. The molecule has 0 aliphatic carbocycles. The van der Waals surface area contributed by atoms with E-state index in [9.17, 15) is 9.59 Å². The Labute approximate surface area is 201 Å². The van der Waals surface area contributed by atoms with Crippen molar-refractivity contribution >= 4 is 17.5 Å². The van der Waals surface area contributed by atoms with Gasteiger partial charge in [-0.3, -0.25) is 9.59 Å². The summed E-state index contributed by atoms with van der Waals surface area (Å²) in [7, 11) is 0. The fourth-order valence-electron chi connectivity index (χ4n) is 5.26. The maximum atomic E-state index is 13.8. The average Bonchev–Trinajstić information content (AvgIpc) is 3.30. The molecule has 2 bridgehead atoms. The van der Waals surface area contributed by atoms with Gasteiger partial charge in [-0.05, 0) is 42.7 Å². The summed E-state index contributed by atoms with van der Waals surface area (Å²) in [5.74, 6) is 0.235. The Kier molecular flexibility index (Phi) is 5.07. The van der Waals surface area contributed by atoms with Crippen molar-refractivity contribution in [2.75, 3.05) is 13.1 Å². The number of likely N-dealkylation sites (tertiary alicyclic amines) is 1. The summed E-state index contributed by atoms with van der Waals surface area (Å²) in [6, 6.07) is 22.4. The van der Waals surface area contributed by atoms with Gasteiger partial charge in [-0.25, -0.2) is 4.68 Å². The van der Waals surface area contributed by atoms with Gasteiger partial charge in [0.15, 0.2) is 5.69 Å². The Morgan fingerprint density at radius 3 is 2.50 bits per heavy atom. The number of hydrogen-bond acceptors (Lipinski definition) is 4. The standard InChI is InChI=1S/C26H22ClN5O2/c27-20-9-11-21(12-10-20)32-25(18-5-2-1-3-6-18)24(28-29-32)26(34)30-14-17-13-19(16-30)22-7-4-8-23(33)31(22)15-17/h1-12,17,19H,13-16H2/t17-,19-/m1/s1. The van der Waals surface area contributed by atoms with Crippen LogP contribution in [0, 0.1) is 5.92 Å². The minimum Gasteiger partial charge on any atom is -0.336 e. The number of aromatic nitrogens is 4. The maximum absolute atomic E-state index is 13.8. The topological polar surface area (TPSA) is 73.0 Å². The molecule has 0 unspecified atom stereocenters. The van der Waals surface area contributed by atoms with Gasteiger partial charge in [-0.15, -0.1) is 5.10 Å². The van der Waals surface area contributed by atoms with Gasteiger partial charge in [0.05, 0.1) is 5.69 Å². The number of fused-ring (bicyclic) bond motifs is 4. The molecule has 7 nitrogen and oxygen atoms in total. The van der Waals surface area contributed by atoms with E-state index in [0.29, 0.717) is 36.0 Å². The Balaban J connectivity index is 1.39. The van der Waals surface area contributed by atoms with Crippen molar-refractivity contribution in [3.05, 3.63) is 99.6 Å². The van der Waals surface area contributed by atoms with Crippen LogP contribution in [-0.2, 0) is 6.54 Å². The number of benzene rings is 2. The summed E-state index contributed by atoms with van der Waals surface area (Å²) in [5.41, 5.74) is 3.66. The number of pyridine rings is 1. The molecule has 2 aliphatic rings. The highest BCUT2D eigenvalue weighted by Gasteiger charge is 2.38. The summed E-state index contributed by atoms with van der Waals surface area (Å²) < 4.78 is 3.56. The van der Waals surface area contributed by atoms with Crippen LogP contribution in [0.1, 0.15) is 28.5 Å². The van der Waals surface area contributed by atoms with Gasteiger partial charge in [-0.2, -0.15) is 0 Å². The second-order valence-electron chi connectivity index (χ2n) is 8.95. The first-order valence-corrected chi connectivity index (χ1v) is 11.7. The predicted octanol–water partition coefficient (Wildman–Crippen LogP) is 4.01. The highest BCUT2D eigenvalue weighted by atomic mass is 35.5. The minimum atomic E-state index is -0.138. The summed E-state index contributed by atoms with van der Waals surface area (Å²) in [4.78, 5) is 28.0. The van der Waals surface area contributed by atoms with E-state index in [4.69, 9.17) is 11.6 Å². The lowest BCUT2D eigenvalue weighted by atomic mass is 9.83. The zero-order valence-corrected chi connectivity index (χ0v) is 19.1. The molecule has 0 spiro atoms. The lowest BCUT2D eigenvalue weighted by Crippen LogP contribution is -2.49. The van der Waals surface area contributed by atoms with E-state index in [1.807, 2.05) is 58.0 Å². The Bertz CT molecular complexity index is 1430. The van der Waals surface area contributed by atoms with E-state index < -0.39 is 0 Å². The molecule has 2 atom stereocenters. The van der Waals surface area contributed by atoms with Crippen LogP contribution >= 0.6 is 11.6 Å². The monoisotopic (exact) mass is 471 g/mol. The van der Waals surface area contributed by atoms with Crippen LogP contribution in [0.3, 0.4) is 0 Å². The highest BCUT2D eigenvalue weighted by Crippen LogP contribution is 2.36. The molecule has 1 amide bonds. The molecular formula is C26H22ClN5O2. The third-order valence-electron chi connectivity index (χ3n) is 6.76. The predicted molar refractivity (Wildman–Crippen MR) is 129 cm³/mol. The lowest BCUT2D eigenvalue weighted by Gasteiger charge is -2.42. The van der Waals surface area contributed by atoms with E-state index in [1.54, 1.807) is 28.9 Å². The number of carbonyl (C=O) groups is 1. The van der Waals surface area contributed by atoms with Gasteiger partial charge < -0.3 is 9.47 Å². The number of hydrogen-bond donors (Lipinski definition) is 0. The van der Waals surface area contributed by atoms with Gasteiger partial charge in [-0.1, -0.05) is 53.2 Å². The average molecular weight is 472 g/mol. The van der Waals surface area contributed by atoms with E-state index in [-0.39, 0.29) is 23.3 Å². The number of halogens is 1. The normalized spacial score (nSPS) is 19.0. The molecule has 2 aromatic carbocycles. The smallest absolute Gasteiger partial charge is 0.276 e. The van der Waals surface area contributed by atoms with Crippen LogP contribution in [0.25, 0.3) is 16.9 Å². The summed E-state index contributed by atoms with van der Waals surface area (Å²) >= 11 is 6.08. The zero-order valence-electron chi connectivity index (χ0n) is 18.3. The molecule has 6 rings (SSSR count). The SMILES string of the molecule is O=C(c1nnn(-c2ccc(Cl)cc2)c1-c1ccccc1)N1C[C@H]2C[C@H](C1)c1cccc(=O)n1C2. The van der Waals surface area contributed by atoms with Crippen LogP contribution in [0.2, 0.25) is 5.02 Å². The van der Waals surface area contributed by atoms with Crippen LogP contribution in [0.5, 0.6) is 0 Å². The fourth-order valence-corrected chi connectivity index (χ4v) is 5.38. The Hall–Kier alpha value is -3.71. The fraction of sp³-hybridized carbons (Fsp3) is 0.231. The molecule has 4 heterocycles. The quantitative estimate of drug-likeness (QED) is 0.452. The summed E-state index contributed by atoms with van der Waals surface area (Å²) in [5, 5.41) is 9.34. The van der Waals surface area contributed by atoms with Crippen LogP contribution in [0.15, 0.2) is 77.6 Å². The second-order valence-corrected chi connectivity index (χ2v) is 9.39. The van der Waals surface area contributed by atoms with Crippen molar-refractivity contribution in [1.82, 2.24) is 24.5 Å². The third-order valence-corrected chi connectivity index (χ3v) is 7.01. The largest absolute Gasteiger partial charge is 0.336 e. The molecule has 2 aromatic heterocycles. The summed E-state index contributed by atoms with van der Waals surface area (Å²) in [6.07, 6.45) is 0.982. The molecule has 2 aliphatic heterocycles. The van der Waals surface area contributed by atoms with Gasteiger partial charge in [0.1, 0.15) is 5.69 Å². The molecule has 4 aromatic rings. The highest BCUT2D eigenvalue weighted by molar-refractivity contribution is 6.30. The van der Waals surface area contributed by atoms with E-state index >= 15 is 0 Å². The molecule has 170 valence electrons. The lowest BCUT2D eigenvalue weighted by molar-refractivity contribution is 0.0589. The Morgan fingerprint density at radius 1 is 0.912 bits per heavy atom. The number of rotatable bonds is 3. The number of nitrogens with zero attached hydrogens (tertiary/aromatic N) is 5. The molecular weight excluding hydrogens is 450 g/mol. The first kappa shape index (κ1) is 20.9. The van der Waals surface area contributed by atoms with Gasteiger partial charge in [0.2, 0.25) is 0 Å². The first-order valence-electron chi connectivity index (χ1n) is 11.3. The van der Waals surface area contributed by atoms with E-state index in [2.05, 4.69) is 10.3 Å². The molecule has 34 heavy (non-hydrogen) atoms.